The molecule has 0 radical (unpaired) electrons. The molecule has 2 N–H and O–H groups in total. The fourth-order valence-electron chi connectivity index (χ4n) is 3.48. The molecule has 0 aliphatic carbocycles. The van der Waals surface area contributed by atoms with Crippen LogP contribution in [0.5, 0.6) is 0 Å². The van der Waals surface area contributed by atoms with Crippen LogP contribution < -0.4 is 0 Å². The highest BCUT2D eigenvalue weighted by Crippen LogP contribution is 2.06. The lowest BCUT2D eigenvalue weighted by molar-refractivity contribution is -0.139. The molecule has 0 aromatic heterocycles. The number of carbonyl (C=O) groups is 2. The molecule has 2 rings (SSSR count). The third-order valence-electron chi connectivity index (χ3n) is 4.81. The van der Waals surface area contributed by atoms with Crippen LogP contribution in [0.2, 0.25) is 0 Å². The van der Waals surface area contributed by atoms with Gasteiger partial charge in [-0.25, -0.2) is 0 Å². The van der Waals surface area contributed by atoms with Crippen LogP contribution in [0.15, 0.2) is 0 Å². The molecule has 2 aliphatic heterocycles. The van der Waals surface area contributed by atoms with Gasteiger partial charge in [-0.1, -0.05) is 0 Å². The number of hydrogen-bond donors (Lipinski definition) is 2. The quantitative estimate of drug-likeness (QED) is 0.685. The van der Waals surface area contributed by atoms with Crippen LogP contribution in [0.1, 0.15) is 12.8 Å². The molecule has 2 atom stereocenters. The fourth-order valence-corrected chi connectivity index (χ4v) is 3.48. The Balaban J connectivity index is 2.02. The van der Waals surface area contributed by atoms with Crippen molar-refractivity contribution in [2.75, 3.05) is 78.5 Å². The minimum absolute atomic E-state index is 0.0901. The molecular formula is C16H30N4O4. The molecule has 0 aromatic carbocycles. The van der Waals surface area contributed by atoms with Crippen LogP contribution in [0.3, 0.4) is 0 Å². The number of nitrogens with zero attached hydrogens (tertiary/aromatic N) is 4. The van der Waals surface area contributed by atoms with Gasteiger partial charge in [-0.15, -0.1) is 0 Å². The van der Waals surface area contributed by atoms with Crippen molar-refractivity contribution in [2.45, 2.75) is 12.8 Å². The highest BCUT2D eigenvalue weighted by molar-refractivity contribution is 5.69. The lowest BCUT2D eigenvalue weighted by atomic mass is 10.2. The van der Waals surface area contributed by atoms with Crippen LogP contribution in [0.4, 0.5) is 0 Å². The highest BCUT2D eigenvalue weighted by Gasteiger charge is 2.19. The number of aliphatic carboxylic acids is 2. The van der Waals surface area contributed by atoms with E-state index in [4.69, 9.17) is 10.2 Å². The van der Waals surface area contributed by atoms with E-state index >= 15 is 0 Å². The molecule has 138 valence electrons. The summed E-state index contributed by atoms with van der Waals surface area (Å²) in [4.78, 5) is 30.9. The summed E-state index contributed by atoms with van der Waals surface area (Å²) in [5.74, 6) is -1.55. The molecule has 8 nitrogen and oxygen atoms in total. The SMILES string of the molecule is O=C(O)CN1CCCN2CCCN(CC1)CCN(CC(=O)O)CC2. The first kappa shape index (κ1) is 19.1. The van der Waals surface area contributed by atoms with Gasteiger partial charge in [0, 0.05) is 45.8 Å². The molecule has 0 spiro atoms. The van der Waals surface area contributed by atoms with Crippen molar-refractivity contribution in [3.05, 3.63) is 0 Å². The minimum Gasteiger partial charge on any atom is -0.480 e. The number of hydrogen-bond acceptors (Lipinski definition) is 6. The number of rotatable bonds is 4. The van der Waals surface area contributed by atoms with Crippen molar-refractivity contribution in [3.63, 3.8) is 0 Å². The monoisotopic (exact) mass is 342 g/mol. The second kappa shape index (κ2) is 9.93. The molecule has 8 heteroatoms. The average molecular weight is 342 g/mol. The maximum Gasteiger partial charge on any atom is 0.317 e. The summed E-state index contributed by atoms with van der Waals surface area (Å²) in [7, 11) is 0. The molecule has 0 saturated carbocycles. The van der Waals surface area contributed by atoms with Gasteiger partial charge in [0.15, 0.2) is 0 Å². The van der Waals surface area contributed by atoms with Crippen molar-refractivity contribution in [2.24, 2.45) is 0 Å². The number of fused-ring (bicyclic) bond motifs is 4. The Hall–Kier alpha value is -1.22. The summed E-state index contributed by atoms with van der Waals surface area (Å²) in [5.41, 5.74) is 0. The summed E-state index contributed by atoms with van der Waals surface area (Å²) in [6.07, 6.45) is 2.06. The molecule has 2 fully saturated rings. The van der Waals surface area contributed by atoms with Gasteiger partial charge in [0.1, 0.15) is 0 Å². The summed E-state index contributed by atoms with van der Waals surface area (Å²) in [5, 5.41) is 18.2. The van der Waals surface area contributed by atoms with E-state index < -0.39 is 11.9 Å². The lowest BCUT2D eigenvalue weighted by Crippen LogP contribution is -2.45. The molecule has 2 unspecified atom stereocenters. The second-order valence-electron chi connectivity index (χ2n) is 6.73. The molecule has 2 bridgehead atoms. The fraction of sp³-hybridized carbons (Fsp3) is 0.875. The molecule has 2 heterocycles. The Morgan fingerprint density at radius 2 is 0.958 bits per heavy atom. The lowest BCUT2D eigenvalue weighted by Gasteiger charge is -2.31. The number of carboxylic acids is 2. The summed E-state index contributed by atoms with van der Waals surface area (Å²) in [6, 6.07) is 0. The van der Waals surface area contributed by atoms with E-state index in [1.807, 2.05) is 9.80 Å². The van der Waals surface area contributed by atoms with Gasteiger partial charge in [0.2, 0.25) is 0 Å². The summed E-state index contributed by atoms with van der Waals surface area (Å²) in [6.45, 7) is 8.78. The minimum atomic E-state index is -0.776. The van der Waals surface area contributed by atoms with Crippen molar-refractivity contribution in [1.82, 2.24) is 19.6 Å². The zero-order valence-electron chi connectivity index (χ0n) is 14.4. The molecule has 2 aliphatic rings. The van der Waals surface area contributed by atoms with Gasteiger partial charge < -0.3 is 20.0 Å². The van der Waals surface area contributed by atoms with Crippen LogP contribution in [0, 0.1) is 0 Å². The van der Waals surface area contributed by atoms with E-state index in [0.717, 1.165) is 78.3 Å². The first-order valence-electron chi connectivity index (χ1n) is 8.86. The van der Waals surface area contributed by atoms with Crippen molar-refractivity contribution in [3.8, 4) is 0 Å². The smallest absolute Gasteiger partial charge is 0.317 e. The highest BCUT2D eigenvalue weighted by atomic mass is 16.4. The Bertz CT molecular complexity index is 421. The van der Waals surface area contributed by atoms with Crippen LogP contribution in [0.25, 0.3) is 0 Å². The van der Waals surface area contributed by atoms with Gasteiger partial charge in [0.05, 0.1) is 13.1 Å². The third kappa shape index (κ3) is 7.12. The Morgan fingerprint density at radius 3 is 1.42 bits per heavy atom. The average Bonchev–Trinajstić information content (AvgIpc) is 2.54. The standard InChI is InChI=1S/C16H30N4O4/c21-15(22)13-19-6-2-4-17-3-1-5-18(8-10-19)9-12-20(11-7-17)14-16(23)24/h1-14H2,(H,21,22)(H,23,24). The van der Waals surface area contributed by atoms with E-state index in [1.54, 1.807) is 0 Å². The van der Waals surface area contributed by atoms with Gasteiger partial charge in [-0.05, 0) is 32.5 Å². The molecule has 2 saturated heterocycles. The largest absolute Gasteiger partial charge is 0.480 e. The predicted molar refractivity (Wildman–Crippen MR) is 90.3 cm³/mol. The topological polar surface area (TPSA) is 87.6 Å². The Morgan fingerprint density at radius 1 is 0.583 bits per heavy atom. The zero-order chi connectivity index (χ0) is 17.4. The molecular weight excluding hydrogens is 312 g/mol. The van der Waals surface area contributed by atoms with E-state index in [-0.39, 0.29) is 13.1 Å². The molecule has 24 heavy (non-hydrogen) atoms. The second-order valence-corrected chi connectivity index (χ2v) is 6.73. The summed E-state index contributed by atoms with van der Waals surface area (Å²) < 4.78 is 0. The Kier molecular flexibility index (Phi) is 7.90. The van der Waals surface area contributed by atoms with Gasteiger partial charge in [-0.3, -0.25) is 19.4 Å². The van der Waals surface area contributed by atoms with Crippen LogP contribution >= 0.6 is 0 Å². The predicted octanol–water partition coefficient (Wildman–Crippen LogP) is -0.829. The van der Waals surface area contributed by atoms with E-state index in [9.17, 15) is 9.59 Å². The van der Waals surface area contributed by atoms with Gasteiger partial charge in [0.25, 0.3) is 0 Å². The zero-order valence-corrected chi connectivity index (χ0v) is 14.4. The maximum atomic E-state index is 11.1. The van der Waals surface area contributed by atoms with Crippen LogP contribution in [-0.2, 0) is 9.59 Å². The van der Waals surface area contributed by atoms with Crippen molar-refractivity contribution in [1.29, 1.82) is 0 Å². The van der Waals surface area contributed by atoms with Crippen LogP contribution in [-0.4, -0.2) is 120 Å². The van der Waals surface area contributed by atoms with E-state index in [1.165, 1.54) is 0 Å². The van der Waals surface area contributed by atoms with E-state index in [2.05, 4.69) is 9.80 Å². The van der Waals surface area contributed by atoms with Crippen molar-refractivity contribution < 1.29 is 19.8 Å². The summed E-state index contributed by atoms with van der Waals surface area (Å²) >= 11 is 0. The normalized spacial score (nSPS) is 28.3. The van der Waals surface area contributed by atoms with Crippen molar-refractivity contribution >= 4 is 11.9 Å². The Labute approximate surface area is 143 Å². The first-order valence-corrected chi connectivity index (χ1v) is 8.86. The molecule has 0 aromatic rings. The van der Waals surface area contributed by atoms with Gasteiger partial charge in [-0.2, -0.15) is 0 Å². The molecule has 0 amide bonds. The third-order valence-corrected chi connectivity index (χ3v) is 4.81. The van der Waals surface area contributed by atoms with E-state index in [0.29, 0.717) is 0 Å². The maximum absolute atomic E-state index is 11.1. The first-order chi connectivity index (χ1) is 11.5. The number of carboxylic acid groups (broad SMARTS) is 2. The van der Waals surface area contributed by atoms with Gasteiger partial charge >= 0.3 is 11.9 Å².